The lowest BCUT2D eigenvalue weighted by molar-refractivity contribution is -0.384. The molecule has 1 aromatic rings. The molecule has 0 unspecified atom stereocenters. The molecular weight excluding hydrogens is 252 g/mol. The first kappa shape index (κ1) is 13.3. The van der Waals surface area contributed by atoms with Gasteiger partial charge in [0.15, 0.2) is 0 Å². The number of rotatable bonds is 3. The number of benzene rings is 1. The molecule has 18 heavy (non-hydrogen) atoms. The third kappa shape index (κ3) is 3.44. The van der Waals surface area contributed by atoms with Crippen molar-refractivity contribution in [3.63, 3.8) is 0 Å². The molecule has 98 valence electrons. The molecule has 1 heterocycles. The number of morpholine rings is 1. The van der Waals surface area contributed by atoms with Gasteiger partial charge in [0.1, 0.15) is 0 Å². The van der Waals surface area contributed by atoms with Crippen molar-refractivity contribution in [3.8, 4) is 0 Å². The summed E-state index contributed by atoms with van der Waals surface area (Å²) in [7, 11) is 0. The molecule has 0 aromatic heterocycles. The number of nitro groups is 1. The molecule has 0 bridgehead atoms. The molecule has 1 saturated heterocycles. The zero-order valence-electron chi connectivity index (χ0n) is 10.4. The van der Waals surface area contributed by atoms with E-state index in [0.717, 1.165) is 18.0 Å². The highest BCUT2D eigenvalue weighted by Gasteiger charge is 2.22. The molecule has 0 spiro atoms. The first-order chi connectivity index (χ1) is 8.54. The lowest BCUT2D eigenvalue weighted by atomic mass is 10.3. The van der Waals surface area contributed by atoms with Crippen molar-refractivity contribution in [1.82, 2.24) is 4.31 Å². The summed E-state index contributed by atoms with van der Waals surface area (Å²) in [5, 5.41) is 10.6. The van der Waals surface area contributed by atoms with Crippen LogP contribution in [0.2, 0.25) is 0 Å². The standard InChI is InChI=1S/C12H16N2O3S/c1-9-7-13(8-10(2)17-9)18-12-5-3-11(4-6-12)14(15)16/h3-6,9-10H,7-8H2,1-2H3/t9-,10-/m0/s1. The van der Waals surface area contributed by atoms with E-state index >= 15 is 0 Å². The lowest BCUT2D eigenvalue weighted by Crippen LogP contribution is -2.41. The molecule has 0 N–H and O–H groups in total. The number of hydrogen-bond donors (Lipinski definition) is 0. The minimum atomic E-state index is -0.382. The number of hydrogen-bond acceptors (Lipinski definition) is 5. The van der Waals surface area contributed by atoms with Crippen LogP contribution in [0, 0.1) is 10.1 Å². The summed E-state index contributed by atoms with van der Waals surface area (Å²) in [5.41, 5.74) is 0.128. The SMILES string of the molecule is C[C@H]1CN(Sc2ccc([N+](=O)[O-])cc2)C[C@H](C)O1. The Kier molecular flexibility index (Phi) is 4.21. The van der Waals surface area contributed by atoms with Crippen LogP contribution < -0.4 is 0 Å². The minimum Gasteiger partial charge on any atom is -0.373 e. The summed E-state index contributed by atoms with van der Waals surface area (Å²) in [6.45, 7) is 5.84. The van der Waals surface area contributed by atoms with Gasteiger partial charge in [0.2, 0.25) is 0 Å². The molecule has 1 aromatic carbocycles. The zero-order chi connectivity index (χ0) is 13.1. The summed E-state index contributed by atoms with van der Waals surface area (Å²) in [4.78, 5) is 11.2. The predicted octanol–water partition coefficient (Wildman–Crippen LogP) is 2.71. The van der Waals surface area contributed by atoms with Crippen LogP contribution in [-0.2, 0) is 4.74 Å². The molecule has 5 nitrogen and oxygen atoms in total. The molecule has 0 amide bonds. The van der Waals surface area contributed by atoms with E-state index < -0.39 is 0 Å². The molecule has 1 fully saturated rings. The largest absolute Gasteiger partial charge is 0.373 e. The molecule has 2 atom stereocenters. The number of nitrogens with zero attached hydrogens (tertiary/aromatic N) is 2. The third-order valence-electron chi connectivity index (χ3n) is 2.67. The maximum atomic E-state index is 10.6. The van der Waals surface area contributed by atoms with Crippen molar-refractivity contribution in [2.24, 2.45) is 0 Å². The fourth-order valence-electron chi connectivity index (χ4n) is 1.98. The van der Waals surface area contributed by atoms with Crippen LogP contribution in [0.1, 0.15) is 13.8 Å². The molecule has 2 rings (SSSR count). The summed E-state index contributed by atoms with van der Waals surface area (Å²) >= 11 is 1.62. The van der Waals surface area contributed by atoms with Gasteiger partial charge in [-0.25, -0.2) is 4.31 Å². The van der Waals surface area contributed by atoms with Gasteiger partial charge in [0.25, 0.3) is 5.69 Å². The fraction of sp³-hybridized carbons (Fsp3) is 0.500. The minimum absolute atomic E-state index is 0.128. The van der Waals surface area contributed by atoms with E-state index in [0.29, 0.717) is 0 Å². The smallest absolute Gasteiger partial charge is 0.269 e. The second-order valence-corrected chi connectivity index (χ2v) is 5.62. The average molecular weight is 268 g/mol. The van der Waals surface area contributed by atoms with Crippen LogP contribution in [-0.4, -0.2) is 34.5 Å². The molecular formula is C12H16N2O3S. The Bertz CT molecular complexity index is 414. The van der Waals surface area contributed by atoms with Crippen molar-refractivity contribution < 1.29 is 9.66 Å². The van der Waals surface area contributed by atoms with E-state index in [1.54, 1.807) is 24.1 Å². The van der Waals surface area contributed by atoms with Crippen LogP contribution >= 0.6 is 11.9 Å². The number of nitro benzene ring substituents is 1. The first-order valence-corrected chi connectivity index (χ1v) is 6.65. The van der Waals surface area contributed by atoms with Gasteiger partial charge in [-0.1, -0.05) is 0 Å². The second-order valence-electron chi connectivity index (χ2n) is 4.45. The Hall–Kier alpha value is -1.11. The van der Waals surface area contributed by atoms with Crippen LogP contribution in [0.3, 0.4) is 0 Å². The lowest BCUT2D eigenvalue weighted by Gasteiger charge is -2.34. The van der Waals surface area contributed by atoms with Crippen molar-refractivity contribution in [2.75, 3.05) is 13.1 Å². The molecule has 0 radical (unpaired) electrons. The quantitative estimate of drug-likeness (QED) is 0.479. The summed E-state index contributed by atoms with van der Waals surface area (Å²) < 4.78 is 7.90. The molecule has 1 aliphatic heterocycles. The van der Waals surface area contributed by atoms with Gasteiger partial charge < -0.3 is 4.74 Å². The normalized spacial score (nSPS) is 25.0. The van der Waals surface area contributed by atoms with E-state index in [9.17, 15) is 10.1 Å². The summed E-state index contributed by atoms with van der Waals surface area (Å²) in [6, 6.07) is 6.65. The van der Waals surface area contributed by atoms with Crippen molar-refractivity contribution >= 4 is 17.6 Å². The molecule has 0 aliphatic carbocycles. The summed E-state index contributed by atoms with van der Waals surface area (Å²) in [5.74, 6) is 0. The topological polar surface area (TPSA) is 55.6 Å². The van der Waals surface area contributed by atoms with Gasteiger partial charge in [-0.05, 0) is 37.9 Å². The van der Waals surface area contributed by atoms with E-state index in [2.05, 4.69) is 18.2 Å². The zero-order valence-corrected chi connectivity index (χ0v) is 11.2. The molecule has 1 aliphatic rings. The van der Waals surface area contributed by atoms with E-state index in [-0.39, 0.29) is 22.8 Å². The maximum Gasteiger partial charge on any atom is 0.269 e. The van der Waals surface area contributed by atoms with Gasteiger partial charge in [-0.2, -0.15) is 0 Å². The highest BCUT2D eigenvalue weighted by atomic mass is 32.2. The third-order valence-corrected chi connectivity index (χ3v) is 3.71. The summed E-state index contributed by atoms with van der Waals surface area (Å²) in [6.07, 6.45) is 0.443. The highest BCUT2D eigenvalue weighted by molar-refractivity contribution is 7.97. The van der Waals surface area contributed by atoms with Crippen LogP contribution in [0.5, 0.6) is 0 Å². The number of ether oxygens (including phenoxy) is 1. The number of non-ortho nitro benzene ring substituents is 1. The Morgan fingerprint density at radius 1 is 1.28 bits per heavy atom. The molecule has 6 heteroatoms. The maximum absolute atomic E-state index is 10.6. The Balaban J connectivity index is 1.98. The van der Waals surface area contributed by atoms with E-state index in [4.69, 9.17) is 4.74 Å². The van der Waals surface area contributed by atoms with E-state index in [1.165, 1.54) is 12.1 Å². The van der Waals surface area contributed by atoms with Crippen molar-refractivity contribution in [1.29, 1.82) is 0 Å². The Morgan fingerprint density at radius 2 is 1.83 bits per heavy atom. The van der Waals surface area contributed by atoms with Gasteiger partial charge in [-0.15, -0.1) is 0 Å². The first-order valence-electron chi connectivity index (χ1n) is 5.87. The van der Waals surface area contributed by atoms with Gasteiger partial charge >= 0.3 is 0 Å². The fourth-order valence-corrected chi connectivity index (χ4v) is 3.11. The molecule has 0 saturated carbocycles. The second kappa shape index (κ2) is 5.69. The Morgan fingerprint density at radius 3 is 2.33 bits per heavy atom. The van der Waals surface area contributed by atoms with Crippen LogP contribution in [0.4, 0.5) is 5.69 Å². The van der Waals surface area contributed by atoms with Gasteiger partial charge in [-0.3, -0.25) is 10.1 Å². The van der Waals surface area contributed by atoms with E-state index in [1.807, 2.05) is 0 Å². The average Bonchev–Trinajstić information content (AvgIpc) is 2.28. The van der Waals surface area contributed by atoms with Crippen LogP contribution in [0.25, 0.3) is 0 Å². The van der Waals surface area contributed by atoms with Gasteiger partial charge in [0, 0.05) is 30.1 Å². The predicted molar refractivity (Wildman–Crippen MR) is 70.5 cm³/mol. The monoisotopic (exact) mass is 268 g/mol. The van der Waals surface area contributed by atoms with Gasteiger partial charge in [0.05, 0.1) is 17.1 Å². The highest BCUT2D eigenvalue weighted by Crippen LogP contribution is 2.27. The Labute approximate surface area is 110 Å². The van der Waals surface area contributed by atoms with Crippen LogP contribution in [0.15, 0.2) is 29.2 Å². The van der Waals surface area contributed by atoms with Crippen molar-refractivity contribution in [2.45, 2.75) is 31.0 Å². The van der Waals surface area contributed by atoms with Crippen molar-refractivity contribution in [3.05, 3.63) is 34.4 Å².